The average Bonchev–Trinajstić information content (AvgIpc) is 3.08. The molecule has 0 N–H and O–H groups in total. The third-order valence-corrected chi connectivity index (χ3v) is 5.05. The van der Waals surface area contributed by atoms with Crippen molar-refractivity contribution < 1.29 is 28.6 Å². The summed E-state index contributed by atoms with van der Waals surface area (Å²) < 4.78 is 16.0. The Balaban J connectivity index is 2.05. The van der Waals surface area contributed by atoms with Crippen LogP contribution in [-0.4, -0.2) is 31.1 Å². The Labute approximate surface area is 169 Å². The maximum atomic E-state index is 13.0. The molecule has 1 aliphatic rings. The fourth-order valence-electron chi connectivity index (χ4n) is 3.76. The molecule has 1 aliphatic heterocycles. The third kappa shape index (κ3) is 4.01. The van der Waals surface area contributed by atoms with Crippen LogP contribution >= 0.6 is 0 Å². The van der Waals surface area contributed by atoms with Crippen LogP contribution < -0.4 is 0 Å². The summed E-state index contributed by atoms with van der Waals surface area (Å²) in [6, 6.07) is 18.6. The zero-order chi connectivity index (χ0) is 20.9. The van der Waals surface area contributed by atoms with Gasteiger partial charge in [0.05, 0.1) is 19.1 Å². The van der Waals surface area contributed by atoms with Crippen molar-refractivity contribution >= 4 is 17.9 Å². The largest absolute Gasteiger partial charge is 0.465 e. The molecule has 1 heterocycles. The summed E-state index contributed by atoms with van der Waals surface area (Å²) in [6.45, 7) is 3.48. The fraction of sp³-hybridized carbons (Fsp3) is 0.348. The Kier molecular flexibility index (Phi) is 6.32. The molecule has 2 aromatic rings. The summed E-state index contributed by atoms with van der Waals surface area (Å²) in [6.07, 6.45) is 0.127. The zero-order valence-electron chi connectivity index (χ0n) is 16.5. The average molecular weight is 396 g/mol. The van der Waals surface area contributed by atoms with Gasteiger partial charge < -0.3 is 14.2 Å². The van der Waals surface area contributed by atoms with Gasteiger partial charge in [0.15, 0.2) is 11.5 Å². The molecule has 1 atom stereocenters. The Morgan fingerprint density at radius 1 is 0.931 bits per heavy atom. The third-order valence-electron chi connectivity index (χ3n) is 5.05. The van der Waals surface area contributed by atoms with Crippen LogP contribution in [0.25, 0.3) is 0 Å². The van der Waals surface area contributed by atoms with E-state index in [0.29, 0.717) is 0 Å². The highest BCUT2D eigenvalue weighted by Crippen LogP contribution is 2.47. The molecule has 152 valence electrons. The molecule has 0 aliphatic carbocycles. The van der Waals surface area contributed by atoms with E-state index in [1.165, 1.54) is 0 Å². The van der Waals surface area contributed by atoms with Crippen molar-refractivity contribution in [1.29, 1.82) is 0 Å². The molecular formula is C23H24O6. The molecule has 0 bridgehead atoms. The maximum Gasteiger partial charge on any atom is 0.321 e. The normalized spacial score (nSPS) is 17.6. The van der Waals surface area contributed by atoms with Crippen molar-refractivity contribution in [1.82, 2.24) is 0 Å². The molecule has 0 aromatic heterocycles. The van der Waals surface area contributed by atoms with Crippen molar-refractivity contribution in [3.8, 4) is 0 Å². The van der Waals surface area contributed by atoms with Gasteiger partial charge in [0.1, 0.15) is 0 Å². The Bertz CT molecular complexity index is 804. The second kappa shape index (κ2) is 8.90. The van der Waals surface area contributed by atoms with Gasteiger partial charge in [-0.2, -0.15) is 0 Å². The summed E-state index contributed by atoms with van der Waals surface area (Å²) >= 11 is 0. The van der Waals surface area contributed by atoms with Gasteiger partial charge in [-0.15, -0.1) is 0 Å². The predicted molar refractivity (Wildman–Crippen MR) is 105 cm³/mol. The Morgan fingerprint density at radius 3 is 1.79 bits per heavy atom. The van der Waals surface area contributed by atoms with E-state index >= 15 is 0 Å². The lowest BCUT2D eigenvalue weighted by molar-refractivity contribution is -0.168. The van der Waals surface area contributed by atoms with Crippen LogP contribution in [0.3, 0.4) is 0 Å². The fourth-order valence-corrected chi connectivity index (χ4v) is 3.76. The molecule has 6 heteroatoms. The van der Waals surface area contributed by atoms with Crippen molar-refractivity contribution in [2.75, 3.05) is 13.2 Å². The smallest absolute Gasteiger partial charge is 0.321 e. The van der Waals surface area contributed by atoms with E-state index < -0.39 is 35.3 Å². The maximum absolute atomic E-state index is 13.0. The van der Waals surface area contributed by atoms with Gasteiger partial charge in [-0.3, -0.25) is 14.4 Å². The summed E-state index contributed by atoms with van der Waals surface area (Å²) in [5.41, 5.74) is 0.448. The minimum Gasteiger partial charge on any atom is -0.465 e. The number of hydrogen-bond acceptors (Lipinski definition) is 6. The molecule has 0 radical (unpaired) electrons. The van der Waals surface area contributed by atoms with Crippen LogP contribution in [0.1, 0.15) is 31.4 Å². The van der Waals surface area contributed by atoms with Crippen LogP contribution in [0, 0.1) is 11.8 Å². The number of cyclic esters (lactones) is 1. The first-order chi connectivity index (χ1) is 14.0. The predicted octanol–water partition coefficient (Wildman–Crippen LogP) is 3.24. The van der Waals surface area contributed by atoms with Gasteiger partial charge in [-0.1, -0.05) is 60.7 Å². The molecular weight excluding hydrogens is 372 g/mol. The van der Waals surface area contributed by atoms with E-state index in [0.717, 1.165) is 11.1 Å². The second-order valence-corrected chi connectivity index (χ2v) is 6.77. The lowest BCUT2D eigenvalue weighted by atomic mass is 9.78. The number of rotatable bonds is 7. The van der Waals surface area contributed by atoms with E-state index in [1.807, 2.05) is 60.7 Å². The number of ether oxygens (including phenoxy) is 3. The lowest BCUT2D eigenvalue weighted by Gasteiger charge is -2.29. The second-order valence-electron chi connectivity index (χ2n) is 6.77. The van der Waals surface area contributed by atoms with Crippen molar-refractivity contribution in [3.63, 3.8) is 0 Å². The van der Waals surface area contributed by atoms with E-state index in [2.05, 4.69) is 0 Å². The van der Waals surface area contributed by atoms with Crippen LogP contribution in [0.5, 0.6) is 0 Å². The van der Waals surface area contributed by atoms with Gasteiger partial charge in [-0.25, -0.2) is 0 Å². The number of carbonyl (C=O) groups excluding carboxylic acids is 3. The standard InChI is InChI=1S/C23H24O6/c1-3-27-21(25)19(22(26)28-4-2)18-15-23(29-20(18)24,16-11-7-5-8-12-16)17-13-9-6-10-14-17/h5-14,18-19H,3-4,15H2,1-2H3. The minimum absolute atomic E-state index is 0.0962. The summed E-state index contributed by atoms with van der Waals surface area (Å²) in [4.78, 5) is 38.0. The van der Waals surface area contributed by atoms with Crippen molar-refractivity contribution in [3.05, 3.63) is 71.8 Å². The number of carbonyl (C=O) groups is 3. The Morgan fingerprint density at radius 2 is 1.38 bits per heavy atom. The van der Waals surface area contributed by atoms with Gasteiger partial charge in [0, 0.05) is 17.5 Å². The highest BCUT2D eigenvalue weighted by molar-refractivity contribution is 5.99. The first-order valence-corrected chi connectivity index (χ1v) is 9.70. The summed E-state index contributed by atoms with van der Waals surface area (Å²) in [7, 11) is 0. The molecule has 3 rings (SSSR count). The molecule has 6 nitrogen and oxygen atoms in total. The summed E-state index contributed by atoms with van der Waals surface area (Å²) in [5, 5.41) is 0. The van der Waals surface area contributed by atoms with Crippen LogP contribution in [0.4, 0.5) is 0 Å². The van der Waals surface area contributed by atoms with E-state index in [4.69, 9.17) is 14.2 Å². The van der Waals surface area contributed by atoms with Crippen LogP contribution in [-0.2, 0) is 34.2 Å². The van der Waals surface area contributed by atoms with E-state index in [1.54, 1.807) is 13.8 Å². The molecule has 0 saturated carbocycles. The topological polar surface area (TPSA) is 78.9 Å². The Hall–Kier alpha value is -3.15. The van der Waals surface area contributed by atoms with Gasteiger partial charge in [-0.05, 0) is 13.8 Å². The van der Waals surface area contributed by atoms with E-state index in [-0.39, 0.29) is 19.6 Å². The summed E-state index contributed by atoms with van der Waals surface area (Å²) in [5.74, 6) is -4.54. The molecule has 1 unspecified atom stereocenters. The number of hydrogen-bond donors (Lipinski definition) is 0. The van der Waals surface area contributed by atoms with E-state index in [9.17, 15) is 14.4 Å². The quantitative estimate of drug-likeness (QED) is 0.406. The highest BCUT2D eigenvalue weighted by Gasteiger charge is 2.55. The SMILES string of the molecule is CCOC(=O)C(C(=O)OCC)C1CC(c2ccccc2)(c2ccccc2)OC1=O. The zero-order valence-corrected chi connectivity index (χ0v) is 16.5. The van der Waals surface area contributed by atoms with Gasteiger partial charge in [0.25, 0.3) is 0 Å². The molecule has 1 saturated heterocycles. The van der Waals surface area contributed by atoms with Crippen LogP contribution in [0.2, 0.25) is 0 Å². The van der Waals surface area contributed by atoms with Crippen LogP contribution in [0.15, 0.2) is 60.7 Å². The first-order valence-electron chi connectivity index (χ1n) is 9.70. The van der Waals surface area contributed by atoms with Gasteiger partial charge in [0.2, 0.25) is 0 Å². The molecule has 1 fully saturated rings. The molecule has 0 amide bonds. The minimum atomic E-state index is -1.36. The molecule has 2 aromatic carbocycles. The molecule has 29 heavy (non-hydrogen) atoms. The number of esters is 3. The van der Waals surface area contributed by atoms with Crippen molar-refractivity contribution in [2.45, 2.75) is 25.9 Å². The lowest BCUT2D eigenvalue weighted by Crippen LogP contribution is -2.37. The molecule has 0 spiro atoms. The van der Waals surface area contributed by atoms with Gasteiger partial charge >= 0.3 is 17.9 Å². The first kappa shape index (κ1) is 20.6. The highest BCUT2D eigenvalue weighted by atomic mass is 16.6. The monoisotopic (exact) mass is 396 g/mol. The van der Waals surface area contributed by atoms with Crippen molar-refractivity contribution in [2.24, 2.45) is 11.8 Å². The number of benzene rings is 2.